The molecule has 1 aromatic rings. The van der Waals surface area contributed by atoms with Gasteiger partial charge in [-0.05, 0) is 27.3 Å². The minimum absolute atomic E-state index is 0.140. The number of nitrogens with one attached hydrogen (secondary N) is 2. The van der Waals surface area contributed by atoms with Crippen molar-refractivity contribution >= 4 is 10.0 Å². The molecule has 0 aliphatic heterocycles. The maximum Gasteiger partial charge on any atom is 0.247 e. The fraction of sp³-hybridized carbons (Fsp3) is 0.615. The van der Waals surface area contributed by atoms with Gasteiger partial charge in [-0.15, -0.1) is 6.58 Å². The molecule has 2 N–H and O–H groups in total. The third-order valence-corrected chi connectivity index (χ3v) is 5.20. The van der Waals surface area contributed by atoms with Crippen LogP contribution in [0.4, 0.5) is 0 Å². The first kappa shape index (κ1) is 16.9. The fourth-order valence-corrected chi connectivity index (χ4v) is 3.95. The van der Waals surface area contributed by atoms with E-state index < -0.39 is 10.0 Å². The van der Waals surface area contributed by atoms with E-state index in [1.54, 1.807) is 13.0 Å². The second-order valence-corrected chi connectivity index (χ2v) is 6.69. The summed E-state index contributed by atoms with van der Waals surface area (Å²) in [7, 11) is -3.58. The molecule has 6 nitrogen and oxygen atoms in total. The topological polar surface area (TPSA) is 78.1 Å². The second kappa shape index (κ2) is 7.01. The summed E-state index contributed by atoms with van der Waals surface area (Å²) in [6, 6.07) is -0.140. The largest absolute Gasteiger partial charge is 0.311 e. The molecule has 0 atom stereocenters. The van der Waals surface area contributed by atoms with Crippen LogP contribution in [-0.2, 0) is 16.6 Å². The number of nitrogens with zero attached hydrogens (tertiary/aromatic N) is 2. The lowest BCUT2D eigenvalue weighted by Crippen LogP contribution is -2.37. The molecular weight excluding hydrogens is 276 g/mol. The van der Waals surface area contributed by atoms with Crippen molar-refractivity contribution in [2.24, 2.45) is 0 Å². The summed E-state index contributed by atoms with van der Waals surface area (Å²) >= 11 is 0. The van der Waals surface area contributed by atoms with Crippen LogP contribution in [0.1, 0.15) is 32.2 Å². The number of aryl methyl sites for hydroxylation is 1. The smallest absolute Gasteiger partial charge is 0.247 e. The molecule has 1 aromatic heterocycles. The Balaban J connectivity index is 3.26. The molecular formula is C13H24N4O2S. The van der Waals surface area contributed by atoms with Gasteiger partial charge in [-0.25, -0.2) is 8.42 Å². The third kappa shape index (κ3) is 3.47. The summed E-state index contributed by atoms with van der Waals surface area (Å²) in [5.74, 6) is 0. The standard InChI is InChI=1S/C13H24N4O2S/c1-6-8-17(10(3)4)20(18,19)13-11(5)15-16-12(13)9-14-7-2/h6,10,14H,1,7-9H2,2-5H3,(H,15,16). The molecule has 0 unspecified atom stereocenters. The SMILES string of the molecule is C=CCN(C(C)C)S(=O)(=O)c1c(CNCC)n[nH]c1C. The van der Waals surface area contributed by atoms with E-state index in [9.17, 15) is 8.42 Å². The zero-order valence-electron chi connectivity index (χ0n) is 12.6. The number of aromatic nitrogens is 2. The van der Waals surface area contributed by atoms with Gasteiger partial charge in [0.25, 0.3) is 0 Å². The van der Waals surface area contributed by atoms with E-state index in [1.807, 2.05) is 20.8 Å². The molecule has 0 saturated heterocycles. The highest BCUT2D eigenvalue weighted by Gasteiger charge is 2.31. The van der Waals surface area contributed by atoms with E-state index in [4.69, 9.17) is 0 Å². The molecule has 1 rings (SSSR count). The summed E-state index contributed by atoms with van der Waals surface area (Å²) < 4.78 is 27.1. The van der Waals surface area contributed by atoms with Crippen LogP contribution in [0.15, 0.2) is 17.6 Å². The summed E-state index contributed by atoms with van der Waals surface area (Å²) in [5, 5.41) is 9.97. The average Bonchev–Trinajstić information content (AvgIpc) is 2.74. The zero-order valence-corrected chi connectivity index (χ0v) is 13.4. The predicted octanol–water partition coefficient (Wildman–Crippen LogP) is 1.41. The Morgan fingerprint density at radius 1 is 1.50 bits per heavy atom. The maximum absolute atomic E-state index is 12.8. The van der Waals surface area contributed by atoms with Crippen LogP contribution in [0.25, 0.3) is 0 Å². The lowest BCUT2D eigenvalue weighted by Gasteiger charge is -2.24. The first-order chi connectivity index (χ1) is 9.36. The van der Waals surface area contributed by atoms with E-state index in [0.717, 1.165) is 6.54 Å². The number of aromatic amines is 1. The molecule has 0 aliphatic carbocycles. The first-order valence-corrected chi connectivity index (χ1v) is 8.17. The van der Waals surface area contributed by atoms with Gasteiger partial charge in [0, 0.05) is 19.1 Å². The van der Waals surface area contributed by atoms with Crippen molar-refractivity contribution in [3.63, 3.8) is 0 Å². The highest BCUT2D eigenvalue weighted by atomic mass is 32.2. The average molecular weight is 300 g/mol. The van der Waals surface area contributed by atoms with Crippen molar-refractivity contribution in [3.05, 3.63) is 24.0 Å². The van der Waals surface area contributed by atoms with Crippen molar-refractivity contribution in [1.82, 2.24) is 19.8 Å². The lowest BCUT2D eigenvalue weighted by molar-refractivity contribution is 0.382. The zero-order chi connectivity index (χ0) is 15.3. The van der Waals surface area contributed by atoms with Gasteiger partial charge in [-0.1, -0.05) is 13.0 Å². The third-order valence-electron chi connectivity index (χ3n) is 2.96. The van der Waals surface area contributed by atoms with Crippen LogP contribution in [0.5, 0.6) is 0 Å². The van der Waals surface area contributed by atoms with Gasteiger partial charge in [0.2, 0.25) is 10.0 Å². The number of hydrogen-bond donors (Lipinski definition) is 2. The van der Waals surface area contributed by atoms with Crippen LogP contribution in [0, 0.1) is 6.92 Å². The summed E-state index contributed by atoms with van der Waals surface area (Å²) in [6.45, 7) is 12.5. The van der Waals surface area contributed by atoms with Crippen LogP contribution in [0.3, 0.4) is 0 Å². The summed E-state index contributed by atoms with van der Waals surface area (Å²) in [5.41, 5.74) is 1.09. The Labute approximate surface area is 121 Å². The summed E-state index contributed by atoms with van der Waals surface area (Å²) in [4.78, 5) is 0.272. The van der Waals surface area contributed by atoms with Crippen LogP contribution in [-0.4, -0.2) is 42.1 Å². The summed E-state index contributed by atoms with van der Waals surface area (Å²) in [6.07, 6.45) is 1.59. The second-order valence-electron chi connectivity index (χ2n) is 4.86. The molecule has 0 amide bonds. The minimum Gasteiger partial charge on any atom is -0.311 e. The van der Waals surface area contributed by atoms with Crippen molar-refractivity contribution < 1.29 is 8.42 Å². The molecule has 0 bridgehead atoms. The lowest BCUT2D eigenvalue weighted by atomic mass is 10.3. The Morgan fingerprint density at radius 3 is 2.65 bits per heavy atom. The maximum atomic E-state index is 12.8. The van der Waals surface area contributed by atoms with Crippen molar-refractivity contribution in [2.75, 3.05) is 13.1 Å². The Bertz CT molecular complexity index is 549. The van der Waals surface area contributed by atoms with E-state index in [2.05, 4.69) is 22.1 Å². The number of H-pyrrole nitrogens is 1. The van der Waals surface area contributed by atoms with Gasteiger partial charge in [0.1, 0.15) is 4.90 Å². The monoisotopic (exact) mass is 300 g/mol. The molecule has 0 radical (unpaired) electrons. The van der Waals surface area contributed by atoms with E-state index in [-0.39, 0.29) is 17.5 Å². The molecule has 0 aliphatic rings. The van der Waals surface area contributed by atoms with Gasteiger partial charge < -0.3 is 5.32 Å². The van der Waals surface area contributed by atoms with Gasteiger partial charge in [0.05, 0.1) is 11.4 Å². The Hall–Kier alpha value is -1.18. The van der Waals surface area contributed by atoms with E-state index >= 15 is 0 Å². The van der Waals surface area contributed by atoms with Crippen molar-refractivity contribution in [2.45, 2.75) is 45.2 Å². The fourth-order valence-electron chi connectivity index (χ4n) is 2.01. The molecule has 114 valence electrons. The molecule has 0 fully saturated rings. The minimum atomic E-state index is -3.58. The molecule has 7 heteroatoms. The van der Waals surface area contributed by atoms with E-state index in [1.165, 1.54) is 4.31 Å². The van der Waals surface area contributed by atoms with Crippen molar-refractivity contribution in [1.29, 1.82) is 0 Å². The molecule has 1 heterocycles. The highest BCUT2D eigenvalue weighted by molar-refractivity contribution is 7.89. The van der Waals surface area contributed by atoms with Crippen LogP contribution < -0.4 is 5.32 Å². The normalized spacial score (nSPS) is 12.3. The van der Waals surface area contributed by atoms with Gasteiger partial charge in [-0.2, -0.15) is 9.40 Å². The number of sulfonamides is 1. The quantitative estimate of drug-likeness (QED) is 0.712. The van der Waals surface area contributed by atoms with Crippen LogP contribution in [0.2, 0.25) is 0 Å². The van der Waals surface area contributed by atoms with E-state index in [0.29, 0.717) is 17.9 Å². The molecule has 0 spiro atoms. The van der Waals surface area contributed by atoms with Gasteiger partial charge in [-0.3, -0.25) is 5.10 Å². The predicted molar refractivity (Wildman–Crippen MR) is 79.9 cm³/mol. The molecule has 20 heavy (non-hydrogen) atoms. The first-order valence-electron chi connectivity index (χ1n) is 6.73. The van der Waals surface area contributed by atoms with Crippen molar-refractivity contribution in [3.8, 4) is 0 Å². The van der Waals surface area contributed by atoms with Gasteiger partial charge >= 0.3 is 0 Å². The number of hydrogen-bond acceptors (Lipinski definition) is 4. The Kier molecular flexibility index (Phi) is 5.91. The van der Waals surface area contributed by atoms with Gasteiger partial charge in [0.15, 0.2) is 0 Å². The number of rotatable bonds is 8. The Morgan fingerprint density at radius 2 is 2.15 bits per heavy atom. The molecule has 0 aromatic carbocycles. The molecule has 0 saturated carbocycles. The van der Waals surface area contributed by atoms with Crippen LogP contribution >= 0.6 is 0 Å². The highest BCUT2D eigenvalue weighted by Crippen LogP contribution is 2.23.